The van der Waals surface area contributed by atoms with E-state index in [4.69, 9.17) is 4.42 Å². The fourth-order valence-corrected chi connectivity index (χ4v) is 2.23. The molecule has 0 unspecified atom stereocenters. The summed E-state index contributed by atoms with van der Waals surface area (Å²) in [7, 11) is 0. The van der Waals surface area contributed by atoms with Crippen LogP contribution < -0.4 is 5.32 Å². The molecule has 0 aliphatic heterocycles. The molecule has 0 aliphatic rings. The summed E-state index contributed by atoms with van der Waals surface area (Å²) in [6.07, 6.45) is 1.32. The Balaban J connectivity index is 1.81. The van der Waals surface area contributed by atoms with Crippen LogP contribution in [-0.2, 0) is 4.79 Å². The lowest BCUT2D eigenvalue weighted by Gasteiger charge is -2.04. The van der Waals surface area contributed by atoms with E-state index in [-0.39, 0.29) is 11.3 Å². The second-order valence-corrected chi connectivity index (χ2v) is 5.17. The number of nitrogens with zero attached hydrogens (tertiary/aromatic N) is 1. The number of carbonyl (C=O) groups excluding carboxylic acids is 1. The summed E-state index contributed by atoms with van der Waals surface area (Å²) < 4.78 is 19.2. The molecule has 0 spiro atoms. The summed E-state index contributed by atoms with van der Waals surface area (Å²) in [5, 5.41) is 11.6. The standard InChI is InChI=1S/C20H13FN2O2/c21-17-8-4-5-9-18(17)23-20(24)15(13-22)12-16-10-11-19(25-16)14-6-2-1-3-7-14/h1-12H,(H,23,24)/b15-12+. The Hall–Kier alpha value is -3.65. The van der Waals surface area contributed by atoms with E-state index < -0.39 is 11.7 Å². The molecule has 1 N–H and O–H groups in total. The Bertz CT molecular complexity index is 969. The summed E-state index contributed by atoms with van der Waals surface area (Å²) in [6.45, 7) is 0. The normalized spacial score (nSPS) is 11.0. The van der Waals surface area contributed by atoms with Crippen molar-refractivity contribution in [3.63, 3.8) is 0 Å². The van der Waals surface area contributed by atoms with E-state index in [0.29, 0.717) is 11.5 Å². The van der Waals surface area contributed by atoms with Crippen LogP contribution in [0.4, 0.5) is 10.1 Å². The fraction of sp³-hybridized carbons (Fsp3) is 0. The van der Waals surface area contributed by atoms with Crippen LogP contribution in [0.1, 0.15) is 5.76 Å². The summed E-state index contributed by atoms with van der Waals surface area (Å²) in [6, 6.07) is 20.4. The number of rotatable bonds is 4. The number of nitrogens with one attached hydrogen (secondary N) is 1. The monoisotopic (exact) mass is 332 g/mol. The van der Waals surface area contributed by atoms with Crippen molar-refractivity contribution in [2.45, 2.75) is 0 Å². The maximum Gasteiger partial charge on any atom is 0.266 e. The van der Waals surface area contributed by atoms with Gasteiger partial charge in [-0.15, -0.1) is 0 Å². The summed E-state index contributed by atoms with van der Waals surface area (Å²) in [4.78, 5) is 12.2. The smallest absolute Gasteiger partial charge is 0.266 e. The minimum absolute atomic E-state index is 0.0121. The first-order valence-electron chi connectivity index (χ1n) is 7.50. The minimum atomic E-state index is -0.703. The lowest BCUT2D eigenvalue weighted by molar-refractivity contribution is -0.112. The van der Waals surface area contributed by atoms with Crippen LogP contribution in [-0.4, -0.2) is 5.91 Å². The van der Waals surface area contributed by atoms with E-state index in [9.17, 15) is 14.4 Å². The molecule has 2 aromatic carbocycles. The van der Waals surface area contributed by atoms with Gasteiger partial charge in [-0.2, -0.15) is 5.26 Å². The predicted molar refractivity (Wildman–Crippen MR) is 92.8 cm³/mol. The molecule has 122 valence electrons. The maximum atomic E-state index is 13.6. The van der Waals surface area contributed by atoms with E-state index in [1.165, 1.54) is 24.3 Å². The molecule has 0 aliphatic carbocycles. The highest BCUT2D eigenvalue weighted by molar-refractivity contribution is 6.09. The summed E-state index contributed by atoms with van der Waals surface area (Å²) in [5.74, 6) is -0.291. The van der Waals surface area contributed by atoms with E-state index >= 15 is 0 Å². The molecular formula is C20H13FN2O2. The molecule has 3 rings (SSSR count). The highest BCUT2D eigenvalue weighted by Gasteiger charge is 2.13. The number of anilines is 1. The number of para-hydroxylation sites is 1. The van der Waals surface area contributed by atoms with Crippen LogP contribution in [0.2, 0.25) is 0 Å². The van der Waals surface area contributed by atoms with Crippen LogP contribution in [0.15, 0.2) is 76.7 Å². The van der Waals surface area contributed by atoms with Crippen molar-refractivity contribution in [3.8, 4) is 17.4 Å². The lowest BCUT2D eigenvalue weighted by Crippen LogP contribution is -2.14. The van der Waals surface area contributed by atoms with Crippen molar-refractivity contribution in [1.82, 2.24) is 0 Å². The van der Waals surface area contributed by atoms with Gasteiger partial charge >= 0.3 is 0 Å². The Morgan fingerprint density at radius 2 is 1.76 bits per heavy atom. The van der Waals surface area contributed by atoms with Gasteiger partial charge in [0.15, 0.2) is 0 Å². The molecule has 3 aromatic rings. The number of halogens is 1. The largest absolute Gasteiger partial charge is 0.457 e. The van der Waals surface area contributed by atoms with Crippen molar-refractivity contribution in [3.05, 3.63) is 83.9 Å². The van der Waals surface area contributed by atoms with E-state index in [0.717, 1.165) is 5.56 Å². The number of hydrogen-bond donors (Lipinski definition) is 1. The minimum Gasteiger partial charge on any atom is -0.457 e. The second kappa shape index (κ2) is 7.28. The van der Waals surface area contributed by atoms with Crippen molar-refractivity contribution in [2.24, 2.45) is 0 Å². The molecule has 25 heavy (non-hydrogen) atoms. The molecule has 1 aromatic heterocycles. The van der Waals surface area contributed by atoms with Gasteiger partial charge in [-0.1, -0.05) is 42.5 Å². The Labute approximate surface area is 143 Å². The average Bonchev–Trinajstić information content (AvgIpc) is 3.11. The molecule has 5 heteroatoms. The van der Waals surface area contributed by atoms with Crippen molar-refractivity contribution >= 4 is 17.7 Å². The quantitative estimate of drug-likeness (QED) is 0.559. The molecular weight excluding hydrogens is 319 g/mol. The van der Waals surface area contributed by atoms with Crippen molar-refractivity contribution in [1.29, 1.82) is 5.26 Å². The molecule has 0 fully saturated rings. The Morgan fingerprint density at radius 1 is 1.04 bits per heavy atom. The third-order valence-electron chi connectivity index (χ3n) is 3.46. The summed E-state index contributed by atoms with van der Waals surface area (Å²) >= 11 is 0. The number of amides is 1. The van der Waals surface area contributed by atoms with Gasteiger partial charge in [0.05, 0.1) is 5.69 Å². The predicted octanol–water partition coefficient (Wildman–Crippen LogP) is 4.63. The third-order valence-corrected chi connectivity index (χ3v) is 3.46. The third kappa shape index (κ3) is 3.82. The van der Waals surface area contributed by atoms with Gasteiger partial charge < -0.3 is 9.73 Å². The maximum absolute atomic E-state index is 13.6. The number of furan rings is 1. The zero-order chi connectivity index (χ0) is 17.6. The van der Waals surface area contributed by atoms with Gasteiger partial charge in [0.25, 0.3) is 5.91 Å². The average molecular weight is 332 g/mol. The Kier molecular flexibility index (Phi) is 4.72. The molecule has 0 radical (unpaired) electrons. The van der Waals surface area contributed by atoms with E-state index in [2.05, 4.69) is 5.32 Å². The van der Waals surface area contributed by atoms with Gasteiger partial charge in [0.2, 0.25) is 0 Å². The number of nitriles is 1. The Morgan fingerprint density at radius 3 is 2.48 bits per heavy atom. The van der Waals surface area contributed by atoms with Gasteiger partial charge in [-0.3, -0.25) is 4.79 Å². The van der Waals surface area contributed by atoms with E-state index in [1.54, 1.807) is 24.3 Å². The molecule has 0 saturated carbocycles. The number of carbonyl (C=O) groups is 1. The zero-order valence-electron chi connectivity index (χ0n) is 13.1. The lowest BCUT2D eigenvalue weighted by atomic mass is 10.2. The SMILES string of the molecule is N#C/C(=C\c1ccc(-c2ccccc2)o1)C(=O)Nc1ccccc1F. The highest BCUT2D eigenvalue weighted by atomic mass is 19.1. The first-order valence-corrected chi connectivity index (χ1v) is 7.50. The van der Waals surface area contributed by atoms with Crippen LogP contribution >= 0.6 is 0 Å². The molecule has 4 nitrogen and oxygen atoms in total. The van der Waals surface area contributed by atoms with E-state index in [1.807, 2.05) is 30.3 Å². The molecule has 0 atom stereocenters. The number of benzene rings is 2. The molecule has 1 heterocycles. The van der Waals surface area contributed by atoms with Gasteiger partial charge in [0, 0.05) is 11.6 Å². The van der Waals surface area contributed by atoms with Crippen LogP contribution in [0.25, 0.3) is 17.4 Å². The first-order chi connectivity index (χ1) is 12.2. The topological polar surface area (TPSA) is 66.0 Å². The highest BCUT2D eigenvalue weighted by Crippen LogP contribution is 2.23. The van der Waals surface area contributed by atoms with Gasteiger partial charge in [-0.25, -0.2) is 4.39 Å². The fourth-order valence-electron chi connectivity index (χ4n) is 2.23. The van der Waals surface area contributed by atoms with Gasteiger partial charge in [0.1, 0.15) is 29.0 Å². The zero-order valence-corrected chi connectivity index (χ0v) is 13.1. The second-order valence-electron chi connectivity index (χ2n) is 5.17. The van der Waals surface area contributed by atoms with Crippen molar-refractivity contribution in [2.75, 3.05) is 5.32 Å². The molecule has 0 saturated heterocycles. The molecule has 1 amide bonds. The van der Waals surface area contributed by atoms with Gasteiger partial charge in [-0.05, 0) is 24.3 Å². The summed E-state index contributed by atoms with van der Waals surface area (Å²) in [5.41, 5.74) is 0.715. The van der Waals surface area contributed by atoms with Crippen LogP contribution in [0.5, 0.6) is 0 Å². The molecule has 0 bridgehead atoms. The van der Waals surface area contributed by atoms with Crippen molar-refractivity contribution < 1.29 is 13.6 Å². The van der Waals surface area contributed by atoms with Crippen LogP contribution in [0.3, 0.4) is 0 Å². The van der Waals surface area contributed by atoms with Crippen LogP contribution in [0, 0.1) is 17.1 Å². The number of hydrogen-bond acceptors (Lipinski definition) is 3. The first kappa shape index (κ1) is 16.2.